The zero-order valence-electron chi connectivity index (χ0n) is 15.5. The maximum atomic E-state index is 13.4. The Labute approximate surface area is 175 Å². The van der Waals surface area contributed by atoms with Crippen molar-refractivity contribution in [3.05, 3.63) is 35.4 Å². The van der Waals surface area contributed by atoms with E-state index in [9.17, 15) is 14.7 Å². The predicted octanol–water partition coefficient (Wildman–Crippen LogP) is 1.75. The van der Waals surface area contributed by atoms with E-state index in [1.165, 1.54) is 11.1 Å². The van der Waals surface area contributed by atoms with Crippen LogP contribution < -0.4 is 10.6 Å². The lowest BCUT2D eigenvalue weighted by Crippen LogP contribution is -2.48. The molecule has 148 valence electrons. The summed E-state index contributed by atoms with van der Waals surface area (Å²) in [7, 11) is 0. The smallest absolute Gasteiger partial charge is 0.174 e. The number of rotatable bonds is 5. The van der Waals surface area contributed by atoms with E-state index in [0.29, 0.717) is 30.8 Å². The Balaban J connectivity index is 1.52. The van der Waals surface area contributed by atoms with Crippen LogP contribution in [0.3, 0.4) is 0 Å². The van der Waals surface area contributed by atoms with Crippen LogP contribution in [0.1, 0.15) is 24.0 Å². The van der Waals surface area contributed by atoms with Crippen molar-refractivity contribution in [2.45, 2.75) is 37.8 Å². The fraction of sp³-hybridized carbons (Fsp3) is 0.524. The zero-order chi connectivity index (χ0) is 19.8. The maximum Gasteiger partial charge on any atom is 0.174 e. The van der Waals surface area contributed by atoms with Gasteiger partial charge in [0.2, 0.25) is 0 Å². The summed E-state index contributed by atoms with van der Waals surface area (Å²) in [5.74, 6) is -1.08. The highest BCUT2D eigenvalue weighted by atomic mass is 32.1. The molecular formula is C21H24N2O3S2. The molecule has 7 heteroatoms. The van der Waals surface area contributed by atoms with Gasteiger partial charge >= 0.3 is 0 Å². The number of hydrogen-bond donors (Lipinski definition) is 3. The van der Waals surface area contributed by atoms with Gasteiger partial charge in [0.15, 0.2) is 10.8 Å². The number of carbonyl (C=O) groups excluding carboxylic acids is 2. The second-order valence-electron chi connectivity index (χ2n) is 7.98. The Kier molecular flexibility index (Phi) is 5.69. The maximum absolute atomic E-state index is 13.4. The van der Waals surface area contributed by atoms with Crippen molar-refractivity contribution in [1.82, 2.24) is 10.6 Å². The standard InChI is InChI=1S/C21H24N2O3S2/c24-19(13-6-5-11-3-1-2-4-12(11)9-13)16-15(27)10-23-18(16)20(25)14-7-8-22-17(14)21(26)28/h1-4,13-14,16-18,22-23H,5-10H2,(H,26,28)/t13-,14?,16?,17+,18+/m1/s1. The lowest BCUT2D eigenvalue weighted by atomic mass is 9.75. The summed E-state index contributed by atoms with van der Waals surface area (Å²) in [6, 6.07) is 7.11. The van der Waals surface area contributed by atoms with Crippen molar-refractivity contribution in [1.29, 1.82) is 0 Å². The van der Waals surface area contributed by atoms with E-state index in [1.54, 1.807) is 0 Å². The fourth-order valence-electron chi connectivity index (χ4n) is 4.91. The van der Waals surface area contributed by atoms with Gasteiger partial charge in [-0.05, 0) is 55.6 Å². The van der Waals surface area contributed by atoms with Crippen molar-refractivity contribution in [3.63, 3.8) is 0 Å². The summed E-state index contributed by atoms with van der Waals surface area (Å²) >= 11 is 10.4. The quantitative estimate of drug-likeness (QED) is 0.631. The van der Waals surface area contributed by atoms with Crippen LogP contribution in [0.25, 0.3) is 0 Å². The lowest BCUT2D eigenvalue weighted by Gasteiger charge is -2.29. The number of nitrogens with one attached hydrogen (secondary N) is 2. The summed E-state index contributed by atoms with van der Waals surface area (Å²) in [6.45, 7) is 1.02. The predicted molar refractivity (Wildman–Crippen MR) is 115 cm³/mol. The molecule has 2 heterocycles. The number of carbonyl (C=O) groups is 2. The first kappa shape index (κ1) is 19.8. The highest BCUT2D eigenvalue weighted by Crippen LogP contribution is 2.32. The van der Waals surface area contributed by atoms with E-state index < -0.39 is 23.9 Å². The summed E-state index contributed by atoms with van der Waals surface area (Å²) in [4.78, 5) is 27.2. The first-order valence-corrected chi connectivity index (χ1v) is 10.7. The van der Waals surface area contributed by atoms with Gasteiger partial charge in [-0.15, -0.1) is 0 Å². The first-order valence-electron chi connectivity index (χ1n) is 9.84. The van der Waals surface area contributed by atoms with Gasteiger partial charge in [0.05, 0.1) is 18.0 Å². The van der Waals surface area contributed by atoms with Gasteiger partial charge in [0.1, 0.15) is 5.78 Å². The van der Waals surface area contributed by atoms with Crippen LogP contribution in [0.4, 0.5) is 0 Å². The number of hydrogen-bond acceptors (Lipinski definition) is 6. The van der Waals surface area contributed by atoms with Crippen molar-refractivity contribution in [3.8, 4) is 0 Å². The summed E-state index contributed by atoms with van der Waals surface area (Å²) in [6.07, 6.45) is 2.99. The highest BCUT2D eigenvalue weighted by molar-refractivity contribution is 7.80. The Morgan fingerprint density at radius 2 is 1.79 bits per heavy atom. The number of aliphatic hydroxyl groups excluding tert-OH is 1. The van der Waals surface area contributed by atoms with Crippen molar-refractivity contribution >= 4 is 45.9 Å². The Hall–Kier alpha value is -1.54. The number of Topliss-reactive ketones (excluding diaryl/α,β-unsaturated/α-hetero) is 2. The van der Waals surface area contributed by atoms with Gasteiger partial charge in [-0.2, -0.15) is 0 Å². The minimum Gasteiger partial charge on any atom is -0.501 e. The van der Waals surface area contributed by atoms with Gasteiger partial charge in [-0.1, -0.05) is 36.5 Å². The van der Waals surface area contributed by atoms with E-state index in [4.69, 9.17) is 24.4 Å². The average Bonchev–Trinajstić information content (AvgIpc) is 3.33. The molecule has 1 aliphatic carbocycles. The zero-order valence-corrected chi connectivity index (χ0v) is 17.2. The molecular weight excluding hydrogens is 392 g/mol. The number of aryl methyl sites for hydroxylation is 1. The summed E-state index contributed by atoms with van der Waals surface area (Å²) in [5, 5.41) is 15.8. The second kappa shape index (κ2) is 8.06. The molecule has 0 aromatic heterocycles. The van der Waals surface area contributed by atoms with Crippen LogP contribution in [0.5, 0.6) is 0 Å². The van der Waals surface area contributed by atoms with E-state index in [2.05, 4.69) is 22.8 Å². The molecule has 2 fully saturated rings. The molecule has 28 heavy (non-hydrogen) atoms. The summed E-state index contributed by atoms with van der Waals surface area (Å²) in [5.41, 5.74) is 2.53. The lowest BCUT2D eigenvalue weighted by molar-refractivity contribution is -0.131. The molecule has 1 aromatic carbocycles. The Morgan fingerprint density at radius 3 is 2.54 bits per heavy atom. The number of thiocarbonyl (C=S) groups is 2. The third-order valence-electron chi connectivity index (χ3n) is 6.39. The van der Waals surface area contributed by atoms with Crippen LogP contribution in [-0.4, -0.2) is 51.8 Å². The number of fused-ring (bicyclic) bond motifs is 1. The third-order valence-corrected chi connectivity index (χ3v) is 7.04. The molecule has 1 aromatic rings. The molecule has 2 unspecified atom stereocenters. The molecule has 0 amide bonds. The SMILES string of the molecule is O=C(C1C(=S)CN[C@@H]1C(=O)C1CCN[C@@H]1C(O)=S)[C@@H]1CCc2ccccc2C1. The van der Waals surface area contributed by atoms with Crippen LogP contribution in [0.2, 0.25) is 0 Å². The molecule has 0 bridgehead atoms. The Morgan fingerprint density at radius 1 is 1.04 bits per heavy atom. The number of aliphatic hydroxyl groups is 1. The minimum absolute atomic E-state index is 0.0687. The average molecular weight is 417 g/mol. The molecule has 4 rings (SSSR count). The largest absolute Gasteiger partial charge is 0.501 e. The Bertz CT molecular complexity index is 841. The van der Waals surface area contributed by atoms with Gasteiger partial charge in [-0.3, -0.25) is 9.59 Å². The molecule has 0 spiro atoms. The van der Waals surface area contributed by atoms with Crippen molar-refractivity contribution in [2.24, 2.45) is 17.8 Å². The van der Waals surface area contributed by atoms with Gasteiger partial charge in [-0.25, -0.2) is 0 Å². The molecule has 5 atom stereocenters. The molecule has 3 aliphatic rings. The van der Waals surface area contributed by atoms with Gasteiger partial charge in [0.25, 0.3) is 0 Å². The van der Waals surface area contributed by atoms with Crippen LogP contribution in [-0.2, 0) is 22.4 Å². The highest BCUT2D eigenvalue weighted by Gasteiger charge is 2.48. The molecule has 5 nitrogen and oxygen atoms in total. The molecule has 2 saturated heterocycles. The molecule has 0 saturated carbocycles. The number of ketones is 2. The van der Waals surface area contributed by atoms with Gasteiger partial charge in [0, 0.05) is 23.2 Å². The molecule has 0 radical (unpaired) electrons. The topological polar surface area (TPSA) is 78.4 Å². The normalized spacial score (nSPS) is 32.1. The van der Waals surface area contributed by atoms with Gasteiger partial charge < -0.3 is 15.7 Å². The first-order chi connectivity index (χ1) is 13.5. The van der Waals surface area contributed by atoms with E-state index in [-0.39, 0.29) is 22.5 Å². The van der Waals surface area contributed by atoms with E-state index in [1.807, 2.05) is 12.1 Å². The van der Waals surface area contributed by atoms with Crippen LogP contribution in [0.15, 0.2) is 24.3 Å². The van der Waals surface area contributed by atoms with E-state index in [0.717, 1.165) is 12.8 Å². The minimum atomic E-state index is -0.612. The summed E-state index contributed by atoms with van der Waals surface area (Å²) < 4.78 is 0. The molecule has 3 N–H and O–H groups in total. The monoisotopic (exact) mass is 416 g/mol. The van der Waals surface area contributed by atoms with Crippen molar-refractivity contribution in [2.75, 3.05) is 13.1 Å². The van der Waals surface area contributed by atoms with Crippen LogP contribution >= 0.6 is 24.4 Å². The third kappa shape index (κ3) is 3.56. The van der Waals surface area contributed by atoms with Crippen LogP contribution in [0, 0.1) is 17.8 Å². The second-order valence-corrected chi connectivity index (χ2v) is 8.92. The fourth-order valence-corrected chi connectivity index (χ4v) is 5.49. The van der Waals surface area contributed by atoms with E-state index >= 15 is 0 Å². The molecule has 2 aliphatic heterocycles. The number of benzene rings is 1. The van der Waals surface area contributed by atoms with Crippen molar-refractivity contribution < 1.29 is 14.7 Å².